The summed E-state index contributed by atoms with van der Waals surface area (Å²) >= 11 is 0. The molecule has 0 unspecified atom stereocenters. The molecule has 0 aromatic heterocycles. The molecule has 1 aliphatic heterocycles. The van der Waals surface area contributed by atoms with E-state index in [1.165, 1.54) is 24.6 Å². The number of rotatable bonds is 7. The number of carbonyl (C=O) groups is 2. The van der Waals surface area contributed by atoms with Gasteiger partial charge in [0.1, 0.15) is 0 Å². The maximum Gasteiger partial charge on any atom is 0.315 e. The molecule has 1 aromatic carbocycles. The molecule has 32 heavy (non-hydrogen) atoms. The highest BCUT2D eigenvalue weighted by Gasteiger charge is 2.34. The SMILES string of the molecule is O=C(NCCC(=O)N1CCN(S(=O)(=O)c2ccccc2[N+](=O)[O-])CC1)NC1CCCCC1. The van der Waals surface area contributed by atoms with Crippen molar-refractivity contribution >= 4 is 27.6 Å². The standard InChI is InChI=1S/C20H29N5O6S/c26-19(10-11-21-20(27)22-16-6-2-1-3-7-16)23-12-14-24(15-13-23)32(30,31)18-9-5-4-8-17(18)25(28)29/h4-5,8-9,16H,1-3,6-7,10-15H2,(H2,21,22,27). The third kappa shape index (κ3) is 5.94. The second-order valence-electron chi connectivity index (χ2n) is 7.99. The Labute approximate surface area is 187 Å². The van der Waals surface area contributed by atoms with E-state index in [2.05, 4.69) is 10.6 Å². The molecular formula is C20H29N5O6S. The minimum atomic E-state index is -4.04. The highest BCUT2D eigenvalue weighted by Crippen LogP contribution is 2.27. The van der Waals surface area contributed by atoms with E-state index in [1.54, 1.807) is 4.90 Å². The van der Waals surface area contributed by atoms with Gasteiger partial charge in [-0.25, -0.2) is 13.2 Å². The predicted molar refractivity (Wildman–Crippen MR) is 116 cm³/mol. The van der Waals surface area contributed by atoms with Gasteiger partial charge in [-0.05, 0) is 18.9 Å². The van der Waals surface area contributed by atoms with Crippen molar-refractivity contribution in [2.45, 2.75) is 49.5 Å². The van der Waals surface area contributed by atoms with Crippen LogP contribution in [0.3, 0.4) is 0 Å². The van der Waals surface area contributed by atoms with Crippen molar-refractivity contribution in [1.82, 2.24) is 19.8 Å². The molecular weight excluding hydrogens is 438 g/mol. The lowest BCUT2D eigenvalue weighted by Crippen LogP contribution is -2.51. The fraction of sp³-hybridized carbons (Fsp3) is 0.600. The summed E-state index contributed by atoms with van der Waals surface area (Å²) in [5, 5.41) is 16.8. The number of piperazine rings is 1. The Balaban J connectivity index is 1.45. The van der Waals surface area contributed by atoms with Gasteiger partial charge in [0.25, 0.3) is 5.69 Å². The summed E-state index contributed by atoms with van der Waals surface area (Å²) in [6, 6.07) is 5.15. The van der Waals surface area contributed by atoms with E-state index in [0.29, 0.717) is 0 Å². The van der Waals surface area contributed by atoms with Crippen molar-refractivity contribution in [1.29, 1.82) is 0 Å². The molecule has 0 spiro atoms. The van der Waals surface area contributed by atoms with Crippen LogP contribution < -0.4 is 10.6 Å². The number of hydrogen-bond acceptors (Lipinski definition) is 6. The zero-order chi connectivity index (χ0) is 23.1. The quantitative estimate of drug-likeness (QED) is 0.459. The number of nitrogens with zero attached hydrogens (tertiary/aromatic N) is 3. The van der Waals surface area contributed by atoms with Crippen LogP contribution in [0.15, 0.2) is 29.2 Å². The zero-order valence-electron chi connectivity index (χ0n) is 17.9. The van der Waals surface area contributed by atoms with Gasteiger partial charge >= 0.3 is 6.03 Å². The summed E-state index contributed by atoms with van der Waals surface area (Å²) in [6.45, 7) is 0.678. The molecule has 1 aromatic rings. The maximum atomic E-state index is 12.9. The first-order valence-corrected chi connectivity index (χ1v) is 12.3. The smallest absolute Gasteiger partial charge is 0.315 e. The second kappa shape index (κ2) is 10.7. The van der Waals surface area contributed by atoms with Crippen LogP contribution in [-0.2, 0) is 14.8 Å². The second-order valence-corrected chi connectivity index (χ2v) is 9.90. The zero-order valence-corrected chi connectivity index (χ0v) is 18.7. The van der Waals surface area contributed by atoms with Gasteiger partial charge in [-0.1, -0.05) is 31.4 Å². The van der Waals surface area contributed by atoms with Crippen molar-refractivity contribution in [3.8, 4) is 0 Å². The third-order valence-corrected chi connectivity index (χ3v) is 7.78. The van der Waals surface area contributed by atoms with Crippen molar-refractivity contribution in [2.24, 2.45) is 0 Å². The van der Waals surface area contributed by atoms with Gasteiger partial charge < -0.3 is 15.5 Å². The van der Waals surface area contributed by atoms with E-state index < -0.39 is 20.6 Å². The van der Waals surface area contributed by atoms with Gasteiger partial charge in [0.2, 0.25) is 15.9 Å². The number of urea groups is 1. The number of hydrogen-bond donors (Lipinski definition) is 2. The number of benzene rings is 1. The number of carbonyl (C=O) groups excluding carboxylic acids is 2. The van der Waals surface area contributed by atoms with E-state index in [-0.39, 0.29) is 62.0 Å². The van der Waals surface area contributed by atoms with Crippen molar-refractivity contribution in [3.63, 3.8) is 0 Å². The molecule has 1 saturated heterocycles. The molecule has 1 heterocycles. The highest BCUT2D eigenvalue weighted by atomic mass is 32.2. The van der Waals surface area contributed by atoms with Gasteiger partial charge in [-0.2, -0.15) is 4.31 Å². The molecule has 3 rings (SSSR count). The number of amides is 3. The molecule has 0 bridgehead atoms. The Bertz CT molecular complexity index is 940. The molecule has 2 aliphatic rings. The van der Waals surface area contributed by atoms with Crippen LogP contribution in [0, 0.1) is 10.1 Å². The number of nitrogens with one attached hydrogen (secondary N) is 2. The van der Waals surface area contributed by atoms with Crippen LogP contribution in [0.5, 0.6) is 0 Å². The predicted octanol–water partition coefficient (Wildman–Crippen LogP) is 1.45. The topological polar surface area (TPSA) is 142 Å². The summed E-state index contributed by atoms with van der Waals surface area (Å²) in [7, 11) is -4.04. The lowest BCUT2D eigenvalue weighted by Gasteiger charge is -2.34. The first-order valence-electron chi connectivity index (χ1n) is 10.8. The highest BCUT2D eigenvalue weighted by molar-refractivity contribution is 7.89. The van der Waals surface area contributed by atoms with Crippen molar-refractivity contribution in [3.05, 3.63) is 34.4 Å². The van der Waals surface area contributed by atoms with E-state index >= 15 is 0 Å². The van der Waals surface area contributed by atoms with Crippen LogP contribution in [-0.4, -0.2) is 73.3 Å². The minimum absolute atomic E-state index is 0.0513. The molecule has 176 valence electrons. The average Bonchev–Trinajstić information content (AvgIpc) is 2.79. The van der Waals surface area contributed by atoms with Gasteiger partial charge in [0, 0.05) is 51.3 Å². The van der Waals surface area contributed by atoms with Crippen molar-refractivity contribution in [2.75, 3.05) is 32.7 Å². The van der Waals surface area contributed by atoms with E-state index in [1.807, 2.05) is 0 Å². The summed E-state index contributed by atoms with van der Waals surface area (Å²) in [4.78, 5) is 36.1. The molecule has 1 saturated carbocycles. The molecule has 3 amide bonds. The first kappa shape index (κ1) is 23.9. The molecule has 2 N–H and O–H groups in total. The number of para-hydroxylation sites is 1. The molecule has 11 nitrogen and oxygen atoms in total. The van der Waals surface area contributed by atoms with Crippen LogP contribution in [0.25, 0.3) is 0 Å². The molecule has 1 aliphatic carbocycles. The van der Waals surface area contributed by atoms with Crippen molar-refractivity contribution < 1.29 is 22.9 Å². The molecule has 12 heteroatoms. The van der Waals surface area contributed by atoms with Gasteiger partial charge in [-0.15, -0.1) is 0 Å². The van der Waals surface area contributed by atoms with Crippen LogP contribution in [0.1, 0.15) is 38.5 Å². The Kier molecular flexibility index (Phi) is 8.02. The summed E-state index contributed by atoms with van der Waals surface area (Å²) < 4.78 is 26.9. The Morgan fingerprint density at radius 3 is 2.38 bits per heavy atom. The molecule has 0 atom stereocenters. The maximum absolute atomic E-state index is 12.9. The number of nitro groups is 1. The minimum Gasteiger partial charge on any atom is -0.340 e. The first-order chi connectivity index (χ1) is 15.3. The Morgan fingerprint density at radius 2 is 1.72 bits per heavy atom. The van der Waals surface area contributed by atoms with Crippen LogP contribution in [0.4, 0.5) is 10.5 Å². The summed E-state index contributed by atoms with van der Waals surface area (Å²) in [5.74, 6) is -0.175. The third-order valence-electron chi connectivity index (χ3n) is 5.84. The largest absolute Gasteiger partial charge is 0.340 e. The Hall–Kier alpha value is -2.73. The van der Waals surface area contributed by atoms with E-state index in [9.17, 15) is 28.1 Å². The fourth-order valence-electron chi connectivity index (χ4n) is 4.07. The average molecular weight is 468 g/mol. The lowest BCUT2D eigenvalue weighted by atomic mass is 9.96. The summed E-state index contributed by atoms with van der Waals surface area (Å²) in [6.07, 6.45) is 5.50. The van der Waals surface area contributed by atoms with Gasteiger partial charge in [-0.3, -0.25) is 14.9 Å². The Morgan fingerprint density at radius 1 is 1.06 bits per heavy atom. The fourth-order valence-corrected chi connectivity index (χ4v) is 5.65. The monoisotopic (exact) mass is 467 g/mol. The van der Waals surface area contributed by atoms with Crippen LogP contribution >= 0.6 is 0 Å². The number of nitro benzene ring substituents is 1. The summed E-state index contributed by atoms with van der Waals surface area (Å²) in [5.41, 5.74) is -0.469. The molecule has 0 radical (unpaired) electrons. The van der Waals surface area contributed by atoms with E-state index in [0.717, 1.165) is 36.1 Å². The molecule has 2 fully saturated rings. The van der Waals surface area contributed by atoms with E-state index in [4.69, 9.17) is 0 Å². The lowest BCUT2D eigenvalue weighted by molar-refractivity contribution is -0.387. The van der Waals surface area contributed by atoms with Gasteiger partial charge in [0.15, 0.2) is 4.90 Å². The normalized spacial score (nSPS) is 18.2. The number of sulfonamides is 1. The van der Waals surface area contributed by atoms with Gasteiger partial charge in [0.05, 0.1) is 4.92 Å². The van der Waals surface area contributed by atoms with Crippen LogP contribution in [0.2, 0.25) is 0 Å².